The van der Waals surface area contributed by atoms with Crippen molar-refractivity contribution >= 4 is 10.0 Å². The first kappa shape index (κ1) is 15.4. The summed E-state index contributed by atoms with van der Waals surface area (Å²) in [5.41, 5.74) is 6.53. The van der Waals surface area contributed by atoms with E-state index in [1.807, 2.05) is 0 Å². The summed E-state index contributed by atoms with van der Waals surface area (Å²) in [6.45, 7) is 3.70. The van der Waals surface area contributed by atoms with E-state index >= 15 is 0 Å². The van der Waals surface area contributed by atoms with Crippen LogP contribution in [0.15, 0.2) is 17.0 Å². The molecule has 6 heteroatoms. The van der Waals surface area contributed by atoms with Gasteiger partial charge in [0.05, 0.1) is 4.90 Å². The number of nitrogens with one attached hydrogen (secondary N) is 1. The molecular weight excluding hydrogens is 279 g/mol. The molecule has 0 radical (unpaired) electrons. The van der Waals surface area contributed by atoms with Crippen molar-refractivity contribution < 1.29 is 12.8 Å². The molecule has 0 aliphatic heterocycles. The van der Waals surface area contributed by atoms with E-state index in [9.17, 15) is 12.8 Å². The maximum Gasteiger partial charge on any atom is 0.241 e. The number of rotatable bonds is 4. The number of benzene rings is 1. The van der Waals surface area contributed by atoms with Gasteiger partial charge < -0.3 is 5.73 Å². The Labute approximate surface area is 119 Å². The van der Waals surface area contributed by atoms with Gasteiger partial charge in [0.25, 0.3) is 0 Å². The summed E-state index contributed by atoms with van der Waals surface area (Å²) in [7, 11) is -3.64. The topological polar surface area (TPSA) is 72.2 Å². The van der Waals surface area contributed by atoms with E-state index in [0.717, 1.165) is 19.3 Å². The molecule has 3 N–H and O–H groups in total. The van der Waals surface area contributed by atoms with Gasteiger partial charge in [0.1, 0.15) is 5.82 Å². The lowest BCUT2D eigenvalue weighted by Gasteiger charge is -2.21. The fourth-order valence-electron chi connectivity index (χ4n) is 3.05. The predicted octanol–water partition coefficient (Wildman–Crippen LogP) is 1.85. The average Bonchev–Trinajstić information content (AvgIpc) is 2.73. The van der Waals surface area contributed by atoms with Gasteiger partial charge in [0.2, 0.25) is 10.0 Å². The number of hydrogen-bond acceptors (Lipinski definition) is 3. The third-order valence-electron chi connectivity index (χ3n) is 3.96. The number of sulfonamides is 1. The van der Waals surface area contributed by atoms with Crippen LogP contribution in [0.2, 0.25) is 0 Å². The van der Waals surface area contributed by atoms with E-state index in [-0.39, 0.29) is 16.9 Å². The zero-order valence-corrected chi connectivity index (χ0v) is 12.6. The minimum absolute atomic E-state index is 0.117. The van der Waals surface area contributed by atoms with Gasteiger partial charge in [-0.25, -0.2) is 17.5 Å². The summed E-state index contributed by atoms with van der Waals surface area (Å²) in [5, 5.41) is 0. The highest BCUT2D eigenvalue weighted by molar-refractivity contribution is 7.89. The molecule has 0 amide bonds. The van der Waals surface area contributed by atoms with Crippen molar-refractivity contribution in [3.05, 3.63) is 29.1 Å². The predicted molar refractivity (Wildman–Crippen MR) is 76.4 cm³/mol. The van der Waals surface area contributed by atoms with Crippen LogP contribution in [-0.2, 0) is 10.0 Å². The van der Waals surface area contributed by atoms with E-state index in [1.165, 1.54) is 12.1 Å². The van der Waals surface area contributed by atoms with Crippen LogP contribution < -0.4 is 10.5 Å². The van der Waals surface area contributed by atoms with Crippen LogP contribution in [0, 0.1) is 25.6 Å². The second-order valence-electron chi connectivity index (χ2n) is 5.52. The van der Waals surface area contributed by atoms with Gasteiger partial charge >= 0.3 is 0 Å². The third-order valence-corrected chi connectivity index (χ3v) is 5.76. The summed E-state index contributed by atoms with van der Waals surface area (Å²) in [6, 6.07) is 2.38. The van der Waals surface area contributed by atoms with Gasteiger partial charge in [-0.1, -0.05) is 6.42 Å². The van der Waals surface area contributed by atoms with E-state index < -0.39 is 15.8 Å². The number of halogens is 1. The van der Waals surface area contributed by atoms with Crippen LogP contribution in [-0.4, -0.2) is 21.0 Å². The maximum absolute atomic E-state index is 13.3. The molecule has 0 aromatic heterocycles. The first-order chi connectivity index (χ1) is 9.35. The van der Waals surface area contributed by atoms with Crippen molar-refractivity contribution in [2.24, 2.45) is 11.7 Å². The average molecular weight is 300 g/mol. The van der Waals surface area contributed by atoms with Gasteiger partial charge in [-0.2, -0.15) is 0 Å². The Balaban J connectivity index is 2.32. The molecule has 1 aromatic rings. The molecule has 1 aliphatic carbocycles. The molecule has 0 spiro atoms. The lowest BCUT2D eigenvalue weighted by molar-refractivity contribution is 0.452. The SMILES string of the molecule is Cc1cc(F)cc(C)c1S(=O)(=O)NC1CCCC1CN. The van der Waals surface area contributed by atoms with Crippen molar-refractivity contribution in [2.45, 2.75) is 44.0 Å². The van der Waals surface area contributed by atoms with Gasteiger partial charge in [0, 0.05) is 6.04 Å². The number of hydrogen-bond donors (Lipinski definition) is 2. The Bertz CT molecular complexity index is 578. The van der Waals surface area contributed by atoms with Crippen LogP contribution in [0.5, 0.6) is 0 Å². The third kappa shape index (κ3) is 3.02. The molecule has 4 nitrogen and oxygen atoms in total. The Morgan fingerprint density at radius 3 is 2.45 bits per heavy atom. The first-order valence-corrected chi connectivity index (χ1v) is 8.32. The zero-order chi connectivity index (χ0) is 14.9. The smallest absolute Gasteiger partial charge is 0.241 e. The molecule has 0 saturated heterocycles. The van der Waals surface area contributed by atoms with Gasteiger partial charge in [0.15, 0.2) is 0 Å². The monoisotopic (exact) mass is 300 g/mol. The lowest BCUT2D eigenvalue weighted by atomic mass is 10.1. The van der Waals surface area contributed by atoms with Gasteiger partial charge in [-0.05, 0) is 62.4 Å². The minimum Gasteiger partial charge on any atom is -0.330 e. The molecule has 20 heavy (non-hydrogen) atoms. The lowest BCUT2D eigenvalue weighted by Crippen LogP contribution is -2.40. The molecule has 1 aromatic carbocycles. The van der Waals surface area contributed by atoms with Crippen molar-refractivity contribution in [3.63, 3.8) is 0 Å². The van der Waals surface area contributed by atoms with E-state index in [2.05, 4.69) is 4.72 Å². The number of nitrogens with two attached hydrogens (primary N) is 1. The molecule has 2 unspecified atom stereocenters. The maximum atomic E-state index is 13.3. The first-order valence-electron chi connectivity index (χ1n) is 6.84. The van der Waals surface area contributed by atoms with Crippen LogP contribution in [0.1, 0.15) is 30.4 Å². The highest BCUT2D eigenvalue weighted by atomic mass is 32.2. The highest BCUT2D eigenvalue weighted by Gasteiger charge is 2.31. The van der Waals surface area contributed by atoms with Gasteiger partial charge in [-0.15, -0.1) is 0 Å². The van der Waals surface area contributed by atoms with Crippen molar-refractivity contribution in [1.82, 2.24) is 4.72 Å². The Morgan fingerprint density at radius 1 is 1.30 bits per heavy atom. The molecule has 112 valence electrons. The quantitative estimate of drug-likeness (QED) is 0.891. The summed E-state index contributed by atoms with van der Waals surface area (Å²) in [4.78, 5) is 0.182. The van der Waals surface area contributed by atoms with Crippen LogP contribution in [0.3, 0.4) is 0 Å². The van der Waals surface area contributed by atoms with E-state index in [4.69, 9.17) is 5.73 Å². The molecule has 0 heterocycles. The Hall–Kier alpha value is -0.980. The second kappa shape index (κ2) is 5.79. The van der Waals surface area contributed by atoms with E-state index in [1.54, 1.807) is 13.8 Å². The standard InChI is InChI=1S/C14H21FN2O2S/c1-9-6-12(15)7-10(2)14(9)20(18,19)17-13-5-3-4-11(13)8-16/h6-7,11,13,17H,3-5,8,16H2,1-2H3. The molecule has 1 aliphatic rings. The second-order valence-corrected chi connectivity index (χ2v) is 7.17. The molecule has 2 rings (SSSR count). The summed E-state index contributed by atoms with van der Waals surface area (Å²) < 4.78 is 41.1. The van der Waals surface area contributed by atoms with Crippen LogP contribution in [0.4, 0.5) is 4.39 Å². The summed E-state index contributed by atoms with van der Waals surface area (Å²) in [6.07, 6.45) is 2.74. The minimum atomic E-state index is -3.64. The normalized spacial score (nSPS) is 23.2. The fraction of sp³-hybridized carbons (Fsp3) is 0.571. The van der Waals surface area contributed by atoms with Crippen LogP contribution >= 0.6 is 0 Å². The fourth-order valence-corrected chi connectivity index (χ4v) is 4.85. The number of aryl methyl sites for hydroxylation is 2. The molecular formula is C14H21FN2O2S. The van der Waals surface area contributed by atoms with Gasteiger partial charge in [-0.3, -0.25) is 0 Å². The molecule has 1 saturated carbocycles. The van der Waals surface area contributed by atoms with Crippen molar-refractivity contribution in [3.8, 4) is 0 Å². The van der Waals surface area contributed by atoms with Crippen molar-refractivity contribution in [1.29, 1.82) is 0 Å². The van der Waals surface area contributed by atoms with Crippen LogP contribution in [0.25, 0.3) is 0 Å². The summed E-state index contributed by atoms with van der Waals surface area (Å²) >= 11 is 0. The highest BCUT2D eigenvalue weighted by Crippen LogP contribution is 2.28. The largest absolute Gasteiger partial charge is 0.330 e. The molecule has 1 fully saturated rings. The van der Waals surface area contributed by atoms with E-state index in [0.29, 0.717) is 17.7 Å². The summed E-state index contributed by atoms with van der Waals surface area (Å²) in [5.74, 6) is -0.231. The van der Waals surface area contributed by atoms with Crippen molar-refractivity contribution in [2.75, 3.05) is 6.54 Å². The zero-order valence-electron chi connectivity index (χ0n) is 11.8. The molecule has 0 bridgehead atoms. The molecule has 2 atom stereocenters. The Kier molecular flexibility index (Phi) is 4.46. The Morgan fingerprint density at radius 2 is 1.90 bits per heavy atom.